The molecular weight excluding hydrogens is 346 g/mol. The van der Waals surface area contributed by atoms with E-state index in [1.54, 1.807) is 13.0 Å². The van der Waals surface area contributed by atoms with Crippen LogP contribution in [0.5, 0.6) is 0 Å². The van der Waals surface area contributed by atoms with Gasteiger partial charge in [-0.1, -0.05) is 13.8 Å². The molecule has 0 fully saturated rings. The molecule has 1 aromatic heterocycles. The van der Waals surface area contributed by atoms with Crippen LogP contribution in [0.15, 0.2) is 6.07 Å². The Hall–Kier alpha value is -2.22. The number of amides is 1. The van der Waals surface area contributed by atoms with Crippen LogP contribution in [0.4, 0.5) is 5.00 Å². The van der Waals surface area contributed by atoms with Gasteiger partial charge in [0.15, 0.2) is 6.61 Å². The highest BCUT2D eigenvalue weighted by atomic mass is 32.1. The molecule has 0 aliphatic carbocycles. The van der Waals surface area contributed by atoms with E-state index in [9.17, 15) is 19.2 Å². The SMILES string of the molecule is CCOC(=O)c1cc(C(C)C)sc1NC(=O)COC(=O)CCC(C)=O. The minimum atomic E-state index is -0.620. The van der Waals surface area contributed by atoms with Crippen LogP contribution in [0.3, 0.4) is 0 Å². The molecule has 25 heavy (non-hydrogen) atoms. The van der Waals surface area contributed by atoms with E-state index in [1.807, 2.05) is 13.8 Å². The molecule has 7 nitrogen and oxygen atoms in total. The molecule has 0 aliphatic heterocycles. The van der Waals surface area contributed by atoms with E-state index in [2.05, 4.69) is 5.32 Å². The average Bonchev–Trinajstić information content (AvgIpc) is 2.95. The van der Waals surface area contributed by atoms with E-state index in [0.717, 1.165) is 4.88 Å². The predicted molar refractivity (Wildman–Crippen MR) is 93.9 cm³/mol. The van der Waals surface area contributed by atoms with E-state index < -0.39 is 24.5 Å². The smallest absolute Gasteiger partial charge is 0.341 e. The summed E-state index contributed by atoms with van der Waals surface area (Å²) in [6.07, 6.45) is 0.0172. The number of hydrogen-bond acceptors (Lipinski definition) is 7. The van der Waals surface area contributed by atoms with Crippen molar-refractivity contribution in [1.29, 1.82) is 0 Å². The Morgan fingerprint density at radius 3 is 2.40 bits per heavy atom. The largest absolute Gasteiger partial charge is 0.462 e. The zero-order valence-electron chi connectivity index (χ0n) is 14.8. The maximum Gasteiger partial charge on any atom is 0.341 e. The molecule has 1 N–H and O–H groups in total. The van der Waals surface area contributed by atoms with Crippen LogP contribution in [0.25, 0.3) is 0 Å². The number of ketones is 1. The number of esters is 2. The van der Waals surface area contributed by atoms with Crippen molar-refractivity contribution < 1.29 is 28.7 Å². The van der Waals surface area contributed by atoms with Crippen molar-refractivity contribution in [3.8, 4) is 0 Å². The highest BCUT2D eigenvalue weighted by Crippen LogP contribution is 2.33. The lowest BCUT2D eigenvalue weighted by Crippen LogP contribution is -2.21. The zero-order valence-corrected chi connectivity index (χ0v) is 15.7. The van der Waals surface area contributed by atoms with Gasteiger partial charge in [0.05, 0.1) is 18.6 Å². The molecule has 1 aromatic rings. The van der Waals surface area contributed by atoms with Crippen LogP contribution >= 0.6 is 11.3 Å². The Balaban J connectivity index is 2.70. The van der Waals surface area contributed by atoms with E-state index >= 15 is 0 Å². The quantitative estimate of drug-likeness (QED) is 0.672. The van der Waals surface area contributed by atoms with Gasteiger partial charge in [-0.15, -0.1) is 11.3 Å². The van der Waals surface area contributed by atoms with Gasteiger partial charge in [0.2, 0.25) is 0 Å². The highest BCUT2D eigenvalue weighted by molar-refractivity contribution is 7.16. The Bertz CT molecular complexity index is 650. The summed E-state index contributed by atoms with van der Waals surface area (Å²) < 4.78 is 9.81. The second-order valence-electron chi connectivity index (χ2n) is 5.68. The van der Waals surface area contributed by atoms with E-state index in [0.29, 0.717) is 5.00 Å². The number of carbonyl (C=O) groups excluding carboxylic acids is 4. The molecule has 1 amide bonds. The number of ether oxygens (including phenoxy) is 2. The molecule has 0 radical (unpaired) electrons. The first-order chi connectivity index (χ1) is 11.7. The van der Waals surface area contributed by atoms with Crippen LogP contribution in [-0.4, -0.2) is 36.8 Å². The van der Waals surface area contributed by atoms with Gasteiger partial charge in [-0.05, 0) is 25.8 Å². The van der Waals surface area contributed by atoms with E-state index in [4.69, 9.17) is 9.47 Å². The second kappa shape index (κ2) is 9.93. The summed E-state index contributed by atoms with van der Waals surface area (Å²) in [5.74, 6) is -1.63. The molecule has 8 heteroatoms. The molecule has 0 unspecified atom stereocenters. The van der Waals surface area contributed by atoms with Crippen LogP contribution in [0, 0.1) is 0 Å². The van der Waals surface area contributed by atoms with Crippen molar-refractivity contribution in [2.75, 3.05) is 18.5 Å². The summed E-state index contributed by atoms with van der Waals surface area (Å²) in [6.45, 7) is 6.78. The standard InChI is InChI=1S/C17H23NO6S/c1-5-23-17(22)12-8-13(10(2)3)25-16(12)18-14(20)9-24-15(21)7-6-11(4)19/h8,10H,5-7,9H2,1-4H3,(H,18,20). The molecule has 0 saturated heterocycles. The monoisotopic (exact) mass is 369 g/mol. The number of hydrogen-bond donors (Lipinski definition) is 1. The summed E-state index contributed by atoms with van der Waals surface area (Å²) in [6, 6.07) is 1.70. The van der Waals surface area contributed by atoms with Gasteiger partial charge < -0.3 is 19.6 Å². The Morgan fingerprint density at radius 1 is 1.16 bits per heavy atom. The first kappa shape index (κ1) is 20.8. The van der Waals surface area contributed by atoms with Gasteiger partial charge in [0, 0.05) is 11.3 Å². The minimum absolute atomic E-state index is 0.0623. The van der Waals surface area contributed by atoms with Gasteiger partial charge in [0.1, 0.15) is 10.8 Å². The lowest BCUT2D eigenvalue weighted by Gasteiger charge is -2.07. The summed E-state index contributed by atoms with van der Waals surface area (Å²) in [7, 11) is 0. The molecule has 138 valence electrons. The van der Waals surface area contributed by atoms with Gasteiger partial charge in [-0.25, -0.2) is 4.79 Å². The van der Waals surface area contributed by atoms with E-state index in [1.165, 1.54) is 18.3 Å². The van der Waals surface area contributed by atoms with Crippen molar-refractivity contribution in [3.05, 3.63) is 16.5 Å². The fourth-order valence-corrected chi connectivity index (χ4v) is 2.87. The molecule has 0 saturated carbocycles. The summed E-state index contributed by atoms with van der Waals surface area (Å²) >= 11 is 1.28. The van der Waals surface area contributed by atoms with Crippen molar-refractivity contribution >= 4 is 40.0 Å². The summed E-state index contributed by atoms with van der Waals surface area (Å²) in [4.78, 5) is 47.1. The second-order valence-corrected chi connectivity index (χ2v) is 6.76. The van der Waals surface area contributed by atoms with Gasteiger partial charge >= 0.3 is 11.9 Å². The molecule has 0 bridgehead atoms. The maximum atomic E-state index is 12.0. The zero-order chi connectivity index (χ0) is 19.0. The fraction of sp³-hybridized carbons (Fsp3) is 0.529. The first-order valence-electron chi connectivity index (χ1n) is 8.00. The van der Waals surface area contributed by atoms with E-state index in [-0.39, 0.29) is 36.7 Å². The maximum absolute atomic E-state index is 12.0. The number of rotatable bonds is 9. The molecular formula is C17H23NO6S. The Kier molecular flexibility index (Phi) is 8.27. The molecule has 0 aliphatic rings. The van der Waals surface area contributed by atoms with Gasteiger partial charge in [-0.2, -0.15) is 0 Å². The highest BCUT2D eigenvalue weighted by Gasteiger charge is 2.20. The third-order valence-electron chi connectivity index (χ3n) is 3.11. The van der Waals surface area contributed by atoms with Crippen LogP contribution in [-0.2, 0) is 23.9 Å². The van der Waals surface area contributed by atoms with Crippen molar-refractivity contribution in [1.82, 2.24) is 0 Å². The van der Waals surface area contributed by atoms with Crippen LogP contribution < -0.4 is 5.32 Å². The lowest BCUT2D eigenvalue weighted by atomic mass is 10.1. The number of carbonyl (C=O) groups is 4. The molecule has 0 atom stereocenters. The Morgan fingerprint density at radius 2 is 1.84 bits per heavy atom. The number of nitrogens with one attached hydrogen (secondary N) is 1. The van der Waals surface area contributed by atoms with Gasteiger partial charge in [-0.3, -0.25) is 9.59 Å². The summed E-state index contributed by atoms with van der Waals surface area (Å²) in [5, 5.41) is 2.95. The minimum Gasteiger partial charge on any atom is -0.462 e. The predicted octanol–water partition coefficient (Wildman–Crippen LogP) is 2.90. The number of thiophene rings is 1. The van der Waals surface area contributed by atoms with Crippen molar-refractivity contribution in [2.45, 2.75) is 46.5 Å². The topological polar surface area (TPSA) is 98.8 Å². The molecule has 1 heterocycles. The lowest BCUT2D eigenvalue weighted by molar-refractivity contribution is -0.148. The summed E-state index contributed by atoms with van der Waals surface area (Å²) in [5.41, 5.74) is 0.284. The van der Waals surface area contributed by atoms with Gasteiger partial charge in [0.25, 0.3) is 5.91 Å². The van der Waals surface area contributed by atoms with Crippen molar-refractivity contribution in [2.24, 2.45) is 0 Å². The molecule has 0 aromatic carbocycles. The van der Waals surface area contributed by atoms with Crippen molar-refractivity contribution in [3.63, 3.8) is 0 Å². The number of anilines is 1. The van der Waals surface area contributed by atoms with Crippen LogP contribution in [0.2, 0.25) is 0 Å². The van der Waals surface area contributed by atoms with Crippen LogP contribution in [0.1, 0.15) is 61.7 Å². The third kappa shape index (κ3) is 7.04. The average molecular weight is 369 g/mol. The molecule has 1 rings (SSSR count). The molecule has 0 spiro atoms. The Labute approximate surface area is 150 Å². The first-order valence-corrected chi connectivity index (χ1v) is 8.82. The number of Topliss-reactive ketones (excluding diaryl/α,β-unsaturated/α-hetero) is 1. The third-order valence-corrected chi connectivity index (χ3v) is 4.46. The normalized spacial score (nSPS) is 10.4. The fourth-order valence-electron chi connectivity index (χ4n) is 1.81.